The van der Waals surface area contributed by atoms with Gasteiger partial charge in [0.05, 0.1) is 0 Å². The van der Waals surface area contributed by atoms with Gasteiger partial charge in [0.1, 0.15) is 6.61 Å². The van der Waals surface area contributed by atoms with Crippen LogP contribution in [0.4, 0.5) is 13.2 Å². The second-order valence-corrected chi connectivity index (χ2v) is 7.03. The van der Waals surface area contributed by atoms with Crippen molar-refractivity contribution in [3.05, 3.63) is 0 Å². The molecule has 1 aliphatic rings. The summed E-state index contributed by atoms with van der Waals surface area (Å²) in [7, 11) is 0. The van der Waals surface area contributed by atoms with Gasteiger partial charge in [-0.05, 0) is 31.7 Å². The van der Waals surface area contributed by atoms with E-state index in [4.69, 9.17) is 0 Å². The van der Waals surface area contributed by atoms with Crippen molar-refractivity contribution < 1.29 is 17.9 Å². The number of rotatable bonds is 5. The monoisotopic (exact) mass is 310 g/mol. The van der Waals surface area contributed by atoms with Gasteiger partial charge in [-0.2, -0.15) is 13.2 Å². The Labute approximate surface area is 126 Å². The molecule has 0 aliphatic carbocycles. The van der Waals surface area contributed by atoms with Crippen molar-refractivity contribution in [3.63, 3.8) is 0 Å². The molecule has 1 heterocycles. The molecule has 0 amide bonds. The standard InChI is InChI=1S/C15H29F3N2O/c1-12-6-7-19-13(14(2,3)4)10-20(12)8-5-9-21-11-15(16,17)18/h12-13,19H,5-11H2,1-4H3. The highest BCUT2D eigenvalue weighted by atomic mass is 19.4. The summed E-state index contributed by atoms with van der Waals surface area (Å²) >= 11 is 0. The van der Waals surface area contributed by atoms with Crippen LogP contribution in [-0.4, -0.2) is 56.0 Å². The average molecular weight is 310 g/mol. The van der Waals surface area contributed by atoms with E-state index in [2.05, 4.69) is 42.6 Å². The van der Waals surface area contributed by atoms with Gasteiger partial charge in [0.25, 0.3) is 0 Å². The van der Waals surface area contributed by atoms with Crippen LogP contribution in [0.3, 0.4) is 0 Å². The number of hydrogen-bond acceptors (Lipinski definition) is 3. The molecule has 2 atom stereocenters. The first-order valence-corrected chi connectivity index (χ1v) is 7.71. The van der Waals surface area contributed by atoms with Crippen molar-refractivity contribution >= 4 is 0 Å². The fraction of sp³-hybridized carbons (Fsp3) is 1.00. The Morgan fingerprint density at radius 1 is 1.24 bits per heavy atom. The maximum atomic E-state index is 12.0. The average Bonchev–Trinajstić information content (AvgIpc) is 2.49. The highest BCUT2D eigenvalue weighted by molar-refractivity contribution is 4.88. The molecule has 1 rings (SSSR count). The first kappa shape index (κ1) is 18.7. The molecule has 126 valence electrons. The van der Waals surface area contributed by atoms with Gasteiger partial charge < -0.3 is 10.1 Å². The molecule has 2 unspecified atom stereocenters. The van der Waals surface area contributed by atoms with Crippen LogP contribution < -0.4 is 5.32 Å². The van der Waals surface area contributed by atoms with Crippen LogP contribution in [0.1, 0.15) is 40.5 Å². The molecule has 1 fully saturated rings. The van der Waals surface area contributed by atoms with Crippen LogP contribution in [0.2, 0.25) is 0 Å². The number of nitrogens with one attached hydrogen (secondary N) is 1. The van der Waals surface area contributed by atoms with Gasteiger partial charge in [-0.1, -0.05) is 20.8 Å². The minimum absolute atomic E-state index is 0.163. The predicted molar refractivity (Wildman–Crippen MR) is 78.4 cm³/mol. The molecule has 6 heteroatoms. The normalized spacial score (nSPS) is 25.9. The minimum atomic E-state index is -4.23. The first-order valence-electron chi connectivity index (χ1n) is 7.71. The van der Waals surface area contributed by atoms with E-state index in [1.54, 1.807) is 0 Å². The van der Waals surface area contributed by atoms with Gasteiger partial charge in [-0.25, -0.2) is 0 Å². The molecule has 0 bridgehead atoms. The topological polar surface area (TPSA) is 24.5 Å². The molecule has 1 N–H and O–H groups in total. The van der Waals surface area contributed by atoms with Crippen LogP contribution in [0, 0.1) is 5.41 Å². The lowest BCUT2D eigenvalue weighted by molar-refractivity contribution is -0.174. The molecule has 21 heavy (non-hydrogen) atoms. The quantitative estimate of drug-likeness (QED) is 0.790. The van der Waals surface area contributed by atoms with E-state index in [1.165, 1.54) is 0 Å². The molecule has 3 nitrogen and oxygen atoms in total. The minimum Gasteiger partial charge on any atom is -0.372 e. The maximum Gasteiger partial charge on any atom is 0.411 e. The van der Waals surface area contributed by atoms with Gasteiger partial charge in [-0.3, -0.25) is 4.90 Å². The molecular formula is C15H29F3N2O. The summed E-state index contributed by atoms with van der Waals surface area (Å²) < 4.78 is 40.7. The van der Waals surface area contributed by atoms with Crippen molar-refractivity contribution in [2.75, 3.05) is 32.8 Å². The lowest BCUT2D eigenvalue weighted by Crippen LogP contribution is -2.47. The third-order valence-corrected chi connectivity index (χ3v) is 4.04. The van der Waals surface area contributed by atoms with Crippen LogP contribution in [-0.2, 0) is 4.74 Å². The molecule has 0 aromatic heterocycles. The molecule has 0 saturated carbocycles. The number of nitrogens with zero attached hydrogens (tertiary/aromatic N) is 1. The highest BCUT2D eigenvalue weighted by Gasteiger charge is 2.30. The number of ether oxygens (including phenoxy) is 1. The van der Waals surface area contributed by atoms with Crippen molar-refractivity contribution in [1.29, 1.82) is 0 Å². The second kappa shape index (κ2) is 7.79. The lowest BCUT2D eigenvalue weighted by atomic mass is 9.86. The summed E-state index contributed by atoms with van der Waals surface area (Å²) in [4.78, 5) is 2.37. The third-order valence-electron chi connectivity index (χ3n) is 4.04. The molecule has 1 aliphatic heterocycles. The second-order valence-electron chi connectivity index (χ2n) is 7.03. The summed E-state index contributed by atoms with van der Waals surface area (Å²) in [5.74, 6) is 0. The zero-order valence-corrected chi connectivity index (χ0v) is 13.6. The molecule has 0 aromatic rings. The van der Waals surface area contributed by atoms with E-state index >= 15 is 0 Å². The van der Waals surface area contributed by atoms with Crippen molar-refractivity contribution in [1.82, 2.24) is 10.2 Å². The van der Waals surface area contributed by atoms with Crippen LogP contribution >= 0.6 is 0 Å². The number of alkyl halides is 3. The maximum absolute atomic E-state index is 12.0. The van der Waals surface area contributed by atoms with Gasteiger partial charge in [0.15, 0.2) is 0 Å². The molecular weight excluding hydrogens is 281 g/mol. The van der Waals surface area contributed by atoms with Crippen LogP contribution in [0.15, 0.2) is 0 Å². The molecule has 1 saturated heterocycles. The first-order chi connectivity index (χ1) is 9.59. The Bertz CT molecular complexity index is 302. The lowest BCUT2D eigenvalue weighted by Gasteiger charge is -2.35. The molecule has 0 radical (unpaired) electrons. The van der Waals surface area contributed by atoms with Gasteiger partial charge >= 0.3 is 6.18 Å². The van der Waals surface area contributed by atoms with Gasteiger partial charge in [0, 0.05) is 31.8 Å². The fourth-order valence-corrected chi connectivity index (χ4v) is 2.58. The predicted octanol–water partition coefficient (Wildman–Crippen LogP) is 3.05. The highest BCUT2D eigenvalue weighted by Crippen LogP contribution is 2.23. The van der Waals surface area contributed by atoms with Gasteiger partial charge in [-0.15, -0.1) is 0 Å². The summed E-state index contributed by atoms with van der Waals surface area (Å²) in [6.07, 6.45) is -2.52. The van der Waals surface area contributed by atoms with E-state index in [1.807, 2.05) is 0 Å². The van der Waals surface area contributed by atoms with Crippen LogP contribution in [0.25, 0.3) is 0 Å². The molecule has 0 spiro atoms. The summed E-state index contributed by atoms with van der Waals surface area (Å²) in [6.45, 7) is 10.6. The fourth-order valence-electron chi connectivity index (χ4n) is 2.58. The van der Waals surface area contributed by atoms with Gasteiger partial charge in [0.2, 0.25) is 0 Å². The third kappa shape index (κ3) is 7.47. The summed E-state index contributed by atoms with van der Waals surface area (Å²) in [6, 6.07) is 0.853. The van der Waals surface area contributed by atoms with E-state index < -0.39 is 12.8 Å². The Balaban J connectivity index is 2.37. The van der Waals surface area contributed by atoms with E-state index in [9.17, 15) is 13.2 Å². The Morgan fingerprint density at radius 3 is 2.48 bits per heavy atom. The van der Waals surface area contributed by atoms with Crippen LogP contribution in [0.5, 0.6) is 0 Å². The van der Waals surface area contributed by atoms with Crippen molar-refractivity contribution in [2.24, 2.45) is 5.41 Å². The van der Waals surface area contributed by atoms with E-state index in [-0.39, 0.29) is 12.0 Å². The zero-order chi connectivity index (χ0) is 16.1. The van der Waals surface area contributed by atoms with Crippen molar-refractivity contribution in [2.45, 2.75) is 58.8 Å². The number of halogens is 3. The van der Waals surface area contributed by atoms with E-state index in [0.29, 0.717) is 18.5 Å². The Hall–Kier alpha value is -0.330. The van der Waals surface area contributed by atoms with E-state index in [0.717, 1.165) is 26.1 Å². The zero-order valence-electron chi connectivity index (χ0n) is 13.6. The largest absolute Gasteiger partial charge is 0.411 e. The molecule has 0 aromatic carbocycles. The Morgan fingerprint density at radius 2 is 1.90 bits per heavy atom. The summed E-state index contributed by atoms with van der Waals surface area (Å²) in [5, 5.41) is 3.58. The Kier molecular flexibility index (Phi) is 6.94. The number of hydrogen-bond donors (Lipinski definition) is 1. The summed E-state index contributed by atoms with van der Waals surface area (Å²) in [5.41, 5.74) is 0.176. The smallest absolute Gasteiger partial charge is 0.372 e. The SMILES string of the molecule is CC1CCNC(C(C)(C)C)CN1CCCOCC(F)(F)F. The van der Waals surface area contributed by atoms with Crippen molar-refractivity contribution in [3.8, 4) is 0 Å².